The van der Waals surface area contributed by atoms with Crippen molar-refractivity contribution in [2.75, 3.05) is 38.1 Å². The Morgan fingerprint density at radius 3 is 2.35 bits per heavy atom. The van der Waals surface area contributed by atoms with Crippen LogP contribution in [0.15, 0.2) is 66.2 Å². The number of hydrogen-bond donors (Lipinski definition) is 2. The molecule has 0 fully saturated rings. The Bertz CT molecular complexity index is 1460. The van der Waals surface area contributed by atoms with Crippen molar-refractivity contribution in [1.82, 2.24) is 0 Å². The number of esters is 1. The molecule has 0 atom stereocenters. The van der Waals surface area contributed by atoms with Gasteiger partial charge in [0.15, 0.2) is 18.1 Å². The van der Waals surface area contributed by atoms with Gasteiger partial charge in [0.1, 0.15) is 17.4 Å². The molecule has 3 aromatic rings. The predicted molar refractivity (Wildman–Crippen MR) is 150 cm³/mol. The maximum atomic E-state index is 12.7. The second-order valence-electron chi connectivity index (χ2n) is 7.99. The molecular formula is C29H26ClN3O7. The fourth-order valence-electron chi connectivity index (χ4n) is 3.47. The molecule has 40 heavy (non-hydrogen) atoms. The molecule has 0 saturated carbocycles. The quantitative estimate of drug-likeness (QED) is 0.187. The average molecular weight is 564 g/mol. The van der Waals surface area contributed by atoms with E-state index in [2.05, 4.69) is 15.4 Å². The SMILES string of the molecule is CCOc1cc(/C=C(/C#N)C(=O)Nc2ccc(C(=O)OC)cc2)cc(Cl)c1OCC(=O)Nc1ccccc1OC. The monoisotopic (exact) mass is 563 g/mol. The lowest BCUT2D eigenvalue weighted by atomic mass is 10.1. The molecule has 0 aliphatic heterocycles. The molecule has 0 unspecified atom stereocenters. The van der Waals surface area contributed by atoms with Gasteiger partial charge in [0, 0.05) is 5.69 Å². The lowest BCUT2D eigenvalue weighted by molar-refractivity contribution is -0.118. The lowest BCUT2D eigenvalue weighted by Crippen LogP contribution is -2.21. The molecule has 0 spiro atoms. The van der Waals surface area contributed by atoms with E-state index < -0.39 is 17.8 Å². The van der Waals surface area contributed by atoms with Crippen LogP contribution in [0.4, 0.5) is 11.4 Å². The van der Waals surface area contributed by atoms with Gasteiger partial charge in [0.05, 0.1) is 37.1 Å². The number of nitriles is 1. The summed E-state index contributed by atoms with van der Waals surface area (Å²) in [5, 5.41) is 15.0. The normalized spacial score (nSPS) is 10.6. The Balaban J connectivity index is 1.75. The standard InChI is InChI=1S/C29H26ClN3O7/c1-4-39-25-15-18(13-20(16-31)28(35)32-21-11-9-19(10-12-21)29(36)38-3)14-22(30)27(25)40-17-26(34)33-23-7-5-6-8-24(23)37-2/h5-15H,4,17H2,1-3H3,(H,32,35)(H,33,34)/b20-13-. The number of anilines is 2. The summed E-state index contributed by atoms with van der Waals surface area (Å²) in [4.78, 5) is 36.8. The Hall–Kier alpha value is -5.01. The van der Waals surface area contributed by atoms with Crippen LogP contribution in [0, 0.1) is 11.3 Å². The summed E-state index contributed by atoms with van der Waals surface area (Å²) < 4.78 is 21.2. The molecule has 0 aliphatic rings. The molecule has 0 radical (unpaired) electrons. The summed E-state index contributed by atoms with van der Waals surface area (Å²) in [5.74, 6) is -0.782. The lowest BCUT2D eigenvalue weighted by Gasteiger charge is -2.15. The van der Waals surface area contributed by atoms with Gasteiger partial charge in [-0.2, -0.15) is 5.26 Å². The largest absolute Gasteiger partial charge is 0.495 e. The zero-order chi connectivity index (χ0) is 29.1. The number of hydrogen-bond acceptors (Lipinski definition) is 8. The molecule has 11 heteroatoms. The number of rotatable bonds is 11. The summed E-state index contributed by atoms with van der Waals surface area (Å²) >= 11 is 6.44. The summed E-state index contributed by atoms with van der Waals surface area (Å²) in [6.45, 7) is 1.66. The molecule has 0 heterocycles. The van der Waals surface area contributed by atoms with Crippen LogP contribution in [-0.4, -0.2) is 45.2 Å². The van der Waals surface area contributed by atoms with Crippen molar-refractivity contribution in [3.05, 3.63) is 82.4 Å². The van der Waals surface area contributed by atoms with Gasteiger partial charge >= 0.3 is 5.97 Å². The number of para-hydroxylation sites is 2. The third kappa shape index (κ3) is 7.75. The summed E-state index contributed by atoms with van der Waals surface area (Å²) in [7, 11) is 2.76. The predicted octanol–water partition coefficient (Wildman–Crippen LogP) is 5.10. The van der Waals surface area contributed by atoms with Gasteiger partial charge in [-0.3, -0.25) is 9.59 Å². The van der Waals surface area contributed by atoms with Crippen molar-refractivity contribution >= 4 is 46.8 Å². The minimum absolute atomic E-state index is 0.110. The number of carbonyl (C=O) groups excluding carboxylic acids is 3. The van der Waals surface area contributed by atoms with Crippen molar-refractivity contribution in [3.63, 3.8) is 0 Å². The van der Waals surface area contributed by atoms with E-state index in [1.165, 1.54) is 50.6 Å². The van der Waals surface area contributed by atoms with E-state index in [9.17, 15) is 19.6 Å². The third-order valence-corrected chi connectivity index (χ3v) is 5.58. The minimum atomic E-state index is -0.671. The molecule has 2 N–H and O–H groups in total. The highest BCUT2D eigenvalue weighted by Crippen LogP contribution is 2.37. The number of halogens is 1. The highest BCUT2D eigenvalue weighted by molar-refractivity contribution is 6.32. The van der Waals surface area contributed by atoms with Crippen LogP contribution in [0.2, 0.25) is 5.02 Å². The number of benzene rings is 3. The Labute approximate surface area is 236 Å². The van der Waals surface area contributed by atoms with Gasteiger partial charge in [-0.05, 0) is 67.1 Å². The molecule has 206 valence electrons. The first-order valence-electron chi connectivity index (χ1n) is 11.9. The van der Waals surface area contributed by atoms with E-state index in [1.807, 2.05) is 6.07 Å². The topological polar surface area (TPSA) is 136 Å². The first kappa shape index (κ1) is 29.5. The van der Waals surface area contributed by atoms with Gasteiger partial charge in [-0.15, -0.1) is 0 Å². The number of carbonyl (C=O) groups is 3. The van der Waals surface area contributed by atoms with Gasteiger partial charge in [0.25, 0.3) is 11.8 Å². The second kappa shape index (κ2) is 14.2. The number of nitrogens with zero attached hydrogens (tertiary/aromatic N) is 1. The molecule has 0 aliphatic carbocycles. The fraction of sp³-hybridized carbons (Fsp3) is 0.172. The van der Waals surface area contributed by atoms with Crippen molar-refractivity contribution in [2.24, 2.45) is 0 Å². The highest BCUT2D eigenvalue weighted by atomic mass is 35.5. The molecule has 2 amide bonds. The van der Waals surface area contributed by atoms with E-state index >= 15 is 0 Å². The molecule has 0 saturated heterocycles. The first-order chi connectivity index (χ1) is 19.3. The van der Waals surface area contributed by atoms with Gasteiger partial charge < -0.3 is 29.6 Å². The summed E-state index contributed by atoms with van der Waals surface area (Å²) in [6, 6.07) is 17.8. The van der Waals surface area contributed by atoms with Crippen LogP contribution >= 0.6 is 11.6 Å². The Kier molecular flexibility index (Phi) is 10.5. The van der Waals surface area contributed by atoms with Gasteiger partial charge in [-0.1, -0.05) is 23.7 Å². The number of ether oxygens (including phenoxy) is 4. The van der Waals surface area contributed by atoms with Crippen molar-refractivity contribution in [1.29, 1.82) is 5.26 Å². The molecular weight excluding hydrogens is 538 g/mol. The average Bonchev–Trinajstić information content (AvgIpc) is 2.95. The second-order valence-corrected chi connectivity index (χ2v) is 8.40. The van der Waals surface area contributed by atoms with Crippen molar-refractivity contribution < 1.29 is 33.3 Å². The van der Waals surface area contributed by atoms with Crippen LogP contribution in [-0.2, 0) is 14.3 Å². The summed E-state index contributed by atoms with van der Waals surface area (Å²) in [5.41, 5.74) is 1.36. The smallest absolute Gasteiger partial charge is 0.337 e. The van der Waals surface area contributed by atoms with E-state index in [-0.39, 0.29) is 35.3 Å². The number of methoxy groups -OCH3 is 2. The first-order valence-corrected chi connectivity index (χ1v) is 12.3. The Morgan fingerprint density at radius 1 is 0.975 bits per heavy atom. The molecule has 0 aromatic heterocycles. The Morgan fingerprint density at radius 2 is 1.70 bits per heavy atom. The van der Waals surface area contributed by atoms with Crippen molar-refractivity contribution in [3.8, 4) is 23.3 Å². The van der Waals surface area contributed by atoms with Gasteiger partial charge in [0.2, 0.25) is 0 Å². The van der Waals surface area contributed by atoms with Gasteiger partial charge in [-0.25, -0.2) is 4.79 Å². The van der Waals surface area contributed by atoms with Crippen LogP contribution < -0.4 is 24.8 Å². The maximum absolute atomic E-state index is 12.7. The van der Waals surface area contributed by atoms with E-state index in [4.69, 9.17) is 25.8 Å². The fourth-order valence-corrected chi connectivity index (χ4v) is 3.74. The molecule has 10 nitrogen and oxygen atoms in total. The van der Waals surface area contributed by atoms with Crippen LogP contribution in [0.5, 0.6) is 17.2 Å². The molecule has 3 rings (SSSR count). The molecule has 0 bridgehead atoms. The third-order valence-electron chi connectivity index (χ3n) is 5.30. The van der Waals surface area contributed by atoms with Crippen LogP contribution in [0.25, 0.3) is 6.08 Å². The number of nitrogens with one attached hydrogen (secondary N) is 2. The maximum Gasteiger partial charge on any atom is 0.337 e. The zero-order valence-corrected chi connectivity index (χ0v) is 22.7. The van der Waals surface area contributed by atoms with E-state index in [0.717, 1.165) is 0 Å². The van der Waals surface area contributed by atoms with Crippen LogP contribution in [0.3, 0.4) is 0 Å². The van der Waals surface area contributed by atoms with E-state index in [0.29, 0.717) is 28.3 Å². The zero-order valence-electron chi connectivity index (χ0n) is 21.9. The minimum Gasteiger partial charge on any atom is -0.495 e. The van der Waals surface area contributed by atoms with Crippen LogP contribution in [0.1, 0.15) is 22.8 Å². The highest BCUT2D eigenvalue weighted by Gasteiger charge is 2.17. The van der Waals surface area contributed by atoms with Crippen molar-refractivity contribution in [2.45, 2.75) is 6.92 Å². The number of amides is 2. The van der Waals surface area contributed by atoms with E-state index in [1.54, 1.807) is 37.3 Å². The molecule has 3 aromatic carbocycles. The summed E-state index contributed by atoms with van der Waals surface area (Å²) in [6.07, 6.45) is 1.34.